The number of amides is 2. The fraction of sp³-hybridized carbons (Fsp3) is 0.385. The van der Waals surface area contributed by atoms with Crippen LogP contribution in [0.4, 0.5) is 11.4 Å². The van der Waals surface area contributed by atoms with Crippen LogP contribution >= 0.6 is 15.9 Å². The summed E-state index contributed by atoms with van der Waals surface area (Å²) in [6.07, 6.45) is 0. The molecule has 1 aromatic carbocycles. The zero-order valence-electron chi connectivity index (χ0n) is 10.7. The second-order valence-electron chi connectivity index (χ2n) is 4.39. The first-order valence-electron chi connectivity index (χ1n) is 5.72. The molecule has 1 atom stereocenters. The van der Waals surface area contributed by atoms with E-state index in [1.165, 1.54) is 6.92 Å². The molecule has 0 aliphatic rings. The van der Waals surface area contributed by atoms with Crippen molar-refractivity contribution in [2.24, 2.45) is 5.92 Å². The first-order chi connectivity index (χ1) is 8.40. The summed E-state index contributed by atoms with van der Waals surface area (Å²) in [6.45, 7) is 5.39. The quantitative estimate of drug-likeness (QED) is 0.840. The number of rotatable bonds is 4. The second kappa shape index (κ2) is 6.54. The van der Waals surface area contributed by atoms with Gasteiger partial charge in [-0.25, -0.2) is 0 Å². The highest BCUT2D eigenvalue weighted by Gasteiger charge is 2.18. The normalized spacial score (nSPS) is 12.1. The lowest BCUT2D eigenvalue weighted by molar-refractivity contribution is -0.116. The fourth-order valence-corrected chi connectivity index (χ4v) is 1.47. The maximum absolute atomic E-state index is 11.8. The highest BCUT2D eigenvalue weighted by Crippen LogP contribution is 2.17. The highest BCUT2D eigenvalue weighted by atomic mass is 79.9. The van der Waals surface area contributed by atoms with Crippen molar-refractivity contribution in [1.29, 1.82) is 0 Å². The summed E-state index contributed by atoms with van der Waals surface area (Å²) in [5.41, 5.74) is 1.42. The Hall–Kier alpha value is -1.36. The minimum absolute atomic E-state index is 0.0720. The maximum atomic E-state index is 11.8. The van der Waals surface area contributed by atoms with Crippen LogP contribution < -0.4 is 10.6 Å². The van der Waals surface area contributed by atoms with E-state index in [1.54, 1.807) is 24.3 Å². The van der Waals surface area contributed by atoms with Crippen LogP contribution in [0.15, 0.2) is 24.3 Å². The molecule has 0 aromatic heterocycles. The van der Waals surface area contributed by atoms with Gasteiger partial charge in [-0.15, -0.1) is 0 Å². The van der Waals surface area contributed by atoms with Crippen LogP contribution in [-0.4, -0.2) is 16.6 Å². The number of nitrogens with one attached hydrogen (secondary N) is 2. The minimum atomic E-state index is -0.215. The molecule has 0 bridgehead atoms. The summed E-state index contributed by atoms with van der Waals surface area (Å²) >= 11 is 3.34. The van der Waals surface area contributed by atoms with Crippen LogP contribution in [-0.2, 0) is 9.59 Å². The largest absolute Gasteiger partial charge is 0.326 e. The van der Waals surface area contributed by atoms with Crippen molar-refractivity contribution in [1.82, 2.24) is 0 Å². The van der Waals surface area contributed by atoms with Crippen LogP contribution in [0.5, 0.6) is 0 Å². The summed E-state index contributed by atoms with van der Waals surface area (Å²) in [5.74, 6) is 0.0352. The van der Waals surface area contributed by atoms with Gasteiger partial charge < -0.3 is 10.6 Å². The fourth-order valence-electron chi connectivity index (χ4n) is 1.35. The van der Waals surface area contributed by atoms with Gasteiger partial charge in [-0.1, -0.05) is 29.8 Å². The van der Waals surface area contributed by atoms with Crippen molar-refractivity contribution >= 4 is 39.1 Å². The monoisotopic (exact) mass is 312 g/mol. The van der Waals surface area contributed by atoms with Gasteiger partial charge in [0.1, 0.15) is 0 Å². The molecule has 0 aliphatic heterocycles. The lowest BCUT2D eigenvalue weighted by Gasteiger charge is -2.14. The highest BCUT2D eigenvalue weighted by molar-refractivity contribution is 9.10. The lowest BCUT2D eigenvalue weighted by Crippen LogP contribution is -2.26. The summed E-state index contributed by atoms with van der Waals surface area (Å²) in [5, 5.41) is 5.47. The molecular weight excluding hydrogens is 296 g/mol. The third-order valence-electron chi connectivity index (χ3n) is 2.31. The Balaban J connectivity index is 2.63. The summed E-state index contributed by atoms with van der Waals surface area (Å²) in [4.78, 5) is 22.4. The van der Waals surface area contributed by atoms with Gasteiger partial charge in [0.2, 0.25) is 11.8 Å². The average Bonchev–Trinajstić information content (AvgIpc) is 2.29. The molecule has 2 N–H and O–H groups in total. The Labute approximate surface area is 115 Å². The first-order valence-corrected chi connectivity index (χ1v) is 6.64. The van der Waals surface area contributed by atoms with Crippen LogP contribution in [0, 0.1) is 5.92 Å². The van der Waals surface area contributed by atoms with Crippen molar-refractivity contribution in [3.63, 3.8) is 0 Å². The molecule has 0 spiro atoms. The number of halogens is 1. The van der Waals surface area contributed by atoms with E-state index >= 15 is 0 Å². The SMILES string of the molecule is CC(=O)Nc1ccc(NC(=O)C(Br)C(C)C)cc1. The van der Waals surface area contributed by atoms with Gasteiger partial charge in [0, 0.05) is 18.3 Å². The topological polar surface area (TPSA) is 58.2 Å². The molecule has 0 saturated heterocycles. The third-order valence-corrected chi connectivity index (χ3v) is 3.78. The van der Waals surface area contributed by atoms with E-state index in [1.807, 2.05) is 13.8 Å². The Bertz CT molecular complexity index is 429. The molecular formula is C13H17BrN2O2. The zero-order chi connectivity index (χ0) is 13.7. The number of benzene rings is 1. The van der Waals surface area contributed by atoms with Crippen molar-refractivity contribution < 1.29 is 9.59 Å². The van der Waals surface area contributed by atoms with Crippen molar-refractivity contribution in [3.05, 3.63) is 24.3 Å². The predicted molar refractivity (Wildman–Crippen MR) is 76.9 cm³/mol. The molecule has 0 saturated carbocycles. The average molecular weight is 313 g/mol. The summed E-state index contributed by atoms with van der Waals surface area (Å²) in [6, 6.07) is 7.00. The molecule has 1 aromatic rings. The number of alkyl halides is 1. The molecule has 0 heterocycles. The number of carbonyl (C=O) groups excluding carboxylic acids is 2. The van der Waals surface area contributed by atoms with Crippen molar-refractivity contribution in [2.75, 3.05) is 10.6 Å². The zero-order valence-corrected chi connectivity index (χ0v) is 12.2. The van der Waals surface area contributed by atoms with E-state index in [9.17, 15) is 9.59 Å². The maximum Gasteiger partial charge on any atom is 0.238 e. The van der Waals surface area contributed by atoms with Gasteiger partial charge in [-0.05, 0) is 30.2 Å². The third kappa shape index (κ3) is 4.49. The van der Waals surface area contributed by atoms with Crippen molar-refractivity contribution in [2.45, 2.75) is 25.6 Å². The molecule has 0 radical (unpaired) electrons. The van der Waals surface area contributed by atoms with E-state index in [0.717, 1.165) is 0 Å². The van der Waals surface area contributed by atoms with Gasteiger partial charge in [0.25, 0.3) is 0 Å². The smallest absolute Gasteiger partial charge is 0.238 e. The standard InChI is InChI=1S/C13H17BrN2O2/c1-8(2)12(14)13(18)16-11-6-4-10(5-7-11)15-9(3)17/h4-8,12H,1-3H3,(H,15,17)(H,16,18). The Morgan fingerprint density at radius 2 is 1.50 bits per heavy atom. The van der Waals surface area contributed by atoms with Gasteiger partial charge in [0.05, 0.1) is 4.83 Å². The molecule has 0 fully saturated rings. The van der Waals surface area contributed by atoms with E-state index in [0.29, 0.717) is 11.4 Å². The molecule has 2 amide bonds. The van der Waals surface area contributed by atoms with Crippen LogP contribution in [0.3, 0.4) is 0 Å². The van der Waals surface area contributed by atoms with E-state index < -0.39 is 0 Å². The number of hydrogen-bond acceptors (Lipinski definition) is 2. The first kappa shape index (κ1) is 14.7. The molecule has 18 heavy (non-hydrogen) atoms. The minimum Gasteiger partial charge on any atom is -0.326 e. The predicted octanol–water partition coefficient (Wildman–Crippen LogP) is 3.00. The van der Waals surface area contributed by atoms with Gasteiger partial charge in [0.15, 0.2) is 0 Å². The molecule has 1 unspecified atom stereocenters. The van der Waals surface area contributed by atoms with Crippen LogP contribution in [0.1, 0.15) is 20.8 Å². The molecule has 1 rings (SSSR count). The number of hydrogen-bond donors (Lipinski definition) is 2. The summed E-state index contributed by atoms with van der Waals surface area (Å²) in [7, 11) is 0. The number of carbonyl (C=O) groups is 2. The molecule has 0 aliphatic carbocycles. The van der Waals surface area contributed by atoms with Gasteiger partial charge in [-0.2, -0.15) is 0 Å². The van der Waals surface area contributed by atoms with E-state index in [2.05, 4.69) is 26.6 Å². The van der Waals surface area contributed by atoms with E-state index in [-0.39, 0.29) is 22.6 Å². The molecule has 5 heteroatoms. The lowest BCUT2D eigenvalue weighted by atomic mass is 10.1. The Morgan fingerprint density at radius 3 is 1.89 bits per heavy atom. The molecule has 4 nitrogen and oxygen atoms in total. The van der Waals surface area contributed by atoms with Gasteiger partial charge in [-0.3, -0.25) is 9.59 Å². The van der Waals surface area contributed by atoms with E-state index in [4.69, 9.17) is 0 Å². The second-order valence-corrected chi connectivity index (χ2v) is 5.38. The Morgan fingerprint density at radius 1 is 1.06 bits per heavy atom. The number of anilines is 2. The van der Waals surface area contributed by atoms with Crippen LogP contribution in [0.2, 0.25) is 0 Å². The van der Waals surface area contributed by atoms with Crippen LogP contribution in [0.25, 0.3) is 0 Å². The van der Waals surface area contributed by atoms with Crippen molar-refractivity contribution in [3.8, 4) is 0 Å². The molecule has 98 valence electrons. The van der Waals surface area contributed by atoms with Gasteiger partial charge >= 0.3 is 0 Å². The Kier molecular flexibility index (Phi) is 5.34. The summed E-state index contributed by atoms with van der Waals surface area (Å²) < 4.78 is 0.